The quantitative estimate of drug-likeness (QED) is 0.635. The first-order valence-electron chi connectivity index (χ1n) is 9.66. The Balaban J connectivity index is 1.58. The lowest BCUT2D eigenvalue weighted by Crippen LogP contribution is -2.45. The lowest BCUT2D eigenvalue weighted by molar-refractivity contribution is 0.0633. The van der Waals surface area contributed by atoms with E-state index in [1.54, 1.807) is 0 Å². The fourth-order valence-electron chi connectivity index (χ4n) is 4.25. The van der Waals surface area contributed by atoms with E-state index in [0.717, 1.165) is 25.0 Å². The first-order chi connectivity index (χ1) is 11.3. The molecule has 23 heavy (non-hydrogen) atoms. The molecule has 0 N–H and O–H groups in total. The van der Waals surface area contributed by atoms with Crippen LogP contribution in [0.3, 0.4) is 0 Å². The van der Waals surface area contributed by atoms with Crippen molar-refractivity contribution in [3.8, 4) is 0 Å². The van der Waals surface area contributed by atoms with Crippen LogP contribution in [0.5, 0.6) is 0 Å². The number of ether oxygens (including phenoxy) is 1. The first kappa shape index (κ1) is 17.0. The van der Waals surface area contributed by atoms with E-state index in [1.807, 2.05) is 0 Å². The third-order valence-corrected chi connectivity index (χ3v) is 6.00. The number of nitrogens with zero attached hydrogens (tertiary/aromatic N) is 1. The minimum absolute atomic E-state index is 0.257. The van der Waals surface area contributed by atoms with Crippen LogP contribution in [0, 0.1) is 11.8 Å². The second-order valence-electron chi connectivity index (χ2n) is 7.67. The Labute approximate surface area is 142 Å². The highest BCUT2D eigenvalue weighted by Gasteiger charge is 2.53. The summed E-state index contributed by atoms with van der Waals surface area (Å²) in [4.78, 5) is 2.65. The van der Waals surface area contributed by atoms with Crippen LogP contribution in [0.4, 0.5) is 0 Å². The van der Waals surface area contributed by atoms with Gasteiger partial charge in [0.05, 0.1) is 12.2 Å². The van der Waals surface area contributed by atoms with Gasteiger partial charge in [-0.1, -0.05) is 69.9 Å². The van der Waals surface area contributed by atoms with Crippen molar-refractivity contribution in [3.05, 3.63) is 35.9 Å². The van der Waals surface area contributed by atoms with Crippen LogP contribution in [0.25, 0.3) is 0 Å². The average Bonchev–Trinajstić information content (AvgIpc) is 3.36. The zero-order valence-electron chi connectivity index (χ0n) is 15.0. The topological polar surface area (TPSA) is 15.8 Å². The molecule has 0 aliphatic carbocycles. The van der Waals surface area contributed by atoms with E-state index in [2.05, 4.69) is 49.1 Å². The summed E-state index contributed by atoms with van der Waals surface area (Å²) >= 11 is 0. The van der Waals surface area contributed by atoms with Gasteiger partial charge in [0.1, 0.15) is 0 Å². The number of piperidine rings is 1. The van der Waals surface area contributed by atoms with Gasteiger partial charge in [0, 0.05) is 25.6 Å². The predicted octanol–water partition coefficient (Wildman–Crippen LogP) is 4.88. The average molecular weight is 316 g/mol. The van der Waals surface area contributed by atoms with Gasteiger partial charge in [0.2, 0.25) is 0 Å². The molecule has 3 rings (SSSR count). The maximum Gasteiger partial charge on any atom is 0.0968 e. The molecule has 0 radical (unpaired) electrons. The van der Waals surface area contributed by atoms with Crippen molar-refractivity contribution in [2.45, 2.75) is 64.5 Å². The number of likely N-dealkylation sites (tertiary alicyclic amines) is 1. The van der Waals surface area contributed by atoms with Crippen LogP contribution in [0.2, 0.25) is 0 Å². The number of hydrogen-bond acceptors (Lipinski definition) is 2. The van der Waals surface area contributed by atoms with Gasteiger partial charge in [-0.3, -0.25) is 4.90 Å². The summed E-state index contributed by atoms with van der Waals surface area (Å²) in [6.45, 7) is 9.20. The molecule has 1 aromatic rings. The van der Waals surface area contributed by atoms with Crippen molar-refractivity contribution in [1.82, 2.24) is 4.90 Å². The highest BCUT2D eigenvalue weighted by molar-refractivity contribution is 5.15. The summed E-state index contributed by atoms with van der Waals surface area (Å²) in [5.41, 5.74) is 1.70. The second kappa shape index (κ2) is 7.81. The molecule has 2 heteroatoms. The molecule has 128 valence electrons. The Morgan fingerprint density at radius 1 is 1.26 bits per heavy atom. The van der Waals surface area contributed by atoms with Crippen molar-refractivity contribution in [3.63, 3.8) is 0 Å². The minimum atomic E-state index is 0.257. The van der Waals surface area contributed by atoms with Crippen molar-refractivity contribution in [1.29, 1.82) is 0 Å². The van der Waals surface area contributed by atoms with Crippen molar-refractivity contribution < 1.29 is 4.74 Å². The van der Waals surface area contributed by atoms with Gasteiger partial charge in [0.15, 0.2) is 0 Å². The molecule has 1 spiro atoms. The van der Waals surface area contributed by atoms with Gasteiger partial charge in [-0.2, -0.15) is 0 Å². The van der Waals surface area contributed by atoms with Crippen LogP contribution in [-0.4, -0.2) is 30.2 Å². The Morgan fingerprint density at radius 2 is 2.04 bits per heavy atom. The van der Waals surface area contributed by atoms with Gasteiger partial charge in [-0.05, 0) is 24.3 Å². The third kappa shape index (κ3) is 4.36. The molecular weight excluding hydrogens is 282 g/mol. The van der Waals surface area contributed by atoms with Gasteiger partial charge in [-0.25, -0.2) is 0 Å². The van der Waals surface area contributed by atoms with Crippen LogP contribution in [0.1, 0.15) is 57.9 Å². The molecule has 2 aliphatic rings. The first-order valence-corrected chi connectivity index (χ1v) is 9.66. The van der Waals surface area contributed by atoms with E-state index in [0.29, 0.717) is 0 Å². The molecule has 2 aliphatic heterocycles. The molecule has 1 aromatic carbocycles. The number of unbranched alkanes of at least 4 members (excludes halogenated alkanes) is 1. The van der Waals surface area contributed by atoms with Crippen LogP contribution >= 0.6 is 0 Å². The molecule has 0 saturated carbocycles. The largest absolute Gasteiger partial charge is 0.369 e. The van der Waals surface area contributed by atoms with Crippen LogP contribution < -0.4 is 0 Å². The lowest BCUT2D eigenvalue weighted by Gasteiger charge is -2.38. The summed E-state index contributed by atoms with van der Waals surface area (Å²) in [5.74, 6) is 1.62. The molecule has 0 aromatic heterocycles. The zero-order valence-corrected chi connectivity index (χ0v) is 15.0. The summed E-state index contributed by atoms with van der Waals surface area (Å²) in [6, 6.07) is 10.9. The molecule has 0 bridgehead atoms. The summed E-state index contributed by atoms with van der Waals surface area (Å²) < 4.78 is 5.97. The minimum Gasteiger partial charge on any atom is -0.369 e. The predicted molar refractivity (Wildman–Crippen MR) is 96.4 cm³/mol. The van der Waals surface area contributed by atoms with E-state index >= 15 is 0 Å². The van der Waals surface area contributed by atoms with Gasteiger partial charge in [-0.15, -0.1) is 0 Å². The Kier molecular flexibility index (Phi) is 5.76. The fourth-order valence-corrected chi connectivity index (χ4v) is 4.25. The van der Waals surface area contributed by atoms with E-state index in [1.165, 1.54) is 57.2 Å². The van der Waals surface area contributed by atoms with Crippen LogP contribution in [0.15, 0.2) is 30.3 Å². The van der Waals surface area contributed by atoms with Crippen molar-refractivity contribution in [2.24, 2.45) is 11.8 Å². The maximum atomic E-state index is 5.97. The number of hydrogen-bond donors (Lipinski definition) is 0. The Bertz CT molecular complexity index is 468. The molecule has 2 fully saturated rings. The Hall–Kier alpha value is -0.860. The second-order valence-corrected chi connectivity index (χ2v) is 7.67. The normalized spacial score (nSPS) is 28.9. The highest BCUT2D eigenvalue weighted by Crippen LogP contribution is 2.45. The van der Waals surface area contributed by atoms with Crippen molar-refractivity contribution >= 4 is 0 Å². The highest BCUT2D eigenvalue weighted by atomic mass is 16.6. The smallest absolute Gasteiger partial charge is 0.0968 e. The molecule has 2 nitrogen and oxygen atoms in total. The number of rotatable bonds is 8. The van der Waals surface area contributed by atoms with E-state index in [4.69, 9.17) is 4.74 Å². The summed E-state index contributed by atoms with van der Waals surface area (Å²) in [7, 11) is 0. The van der Waals surface area contributed by atoms with E-state index < -0.39 is 0 Å². The van der Waals surface area contributed by atoms with Gasteiger partial charge >= 0.3 is 0 Å². The molecule has 0 amide bonds. The number of benzene rings is 1. The third-order valence-electron chi connectivity index (χ3n) is 6.00. The van der Waals surface area contributed by atoms with Crippen LogP contribution in [-0.2, 0) is 11.3 Å². The molecule has 3 unspecified atom stereocenters. The fraction of sp³-hybridized carbons (Fsp3) is 0.714. The lowest BCUT2D eigenvalue weighted by atomic mass is 9.78. The molecule has 2 saturated heterocycles. The molecule has 2 heterocycles. The van der Waals surface area contributed by atoms with Gasteiger partial charge in [0.25, 0.3) is 0 Å². The van der Waals surface area contributed by atoms with Gasteiger partial charge < -0.3 is 4.74 Å². The SMILES string of the molecule is CCCCC(CC)CC1CN(Cc2ccccc2)CCC12CO2. The van der Waals surface area contributed by atoms with E-state index in [-0.39, 0.29) is 5.60 Å². The summed E-state index contributed by atoms with van der Waals surface area (Å²) in [6.07, 6.45) is 8.02. The monoisotopic (exact) mass is 315 g/mol. The van der Waals surface area contributed by atoms with E-state index in [9.17, 15) is 0 Å². The zero-order chi connectivity index (χ0) is 16.1. The summed E-state index contributed by atoms with van der Waals surface area (Å²) in [5, 5.41) is 0. The Morgan fingerprint density at radius 3 is 2.70 bits per heavy atom. The standard InChI is InChI=1S/C21H33NO/c1-3-5-9-18(4-2)14-20-16-22(13-12-21(20)17-23-21)15-19-10-7-6-8-11-19/h6-8,10-11,18,20H,3-5,9,12-17H2,1-2H3. The molecule has 3 atom stereocenters. The number of epoxide rings is 1. The maximum absolute atomic E-state index is 5.97. The molecular formula is C21H33NO. The van der Waals surface area contributed by atoms with Crippen molar-refractivity contribution in [2.75, 3.05) is 19.7 Å².